The van der Waals surface area contributed by atoms with Crippen LogP contribution in [0.2, 0.25) is 0 Å². The first-order valence-electron chi connectivity index (χ1n) is 44.4. The molecule has 16 fully saturated rings. The highest BCUT2D eigenvalue weighted by Gasteiger charge is 2.57. The molecule has 8 atom stereocenters. The first-order chi connectivity index (χ1) is 56.6. The molecule has 0 aromatic heterocycles. The van der Waals surface area contributed by atoms with E-state index < -0.39 is 0 Å². The van der Waals surface area contributed by atoms with E-state index in [9.17, 15) is 38.4 Å². The maximum atomic E-state index is 11.7. The summed E-state index contributed by atoms with van der Waals surface area (Å²) in [7, 11) is 0. The topological polar surface area (TPSA) is 284 Å². The van der Waals surface area contributed by atoms with Crippen molar-refractivity contribution in [1.82, 2.24) is 0 Å². The molecule has 8 saturated carbocycles. The molecule has 0 radical (unpaired) electrons. The van der Waals surface area contributed by atoms with Crippen LogP contribution in [0.3, 0.4) is 0 Å². The molecule has 16 aliphatic rings. The number of hydrogen-bond donors (Lipinski definition) is 0. The summed E-state index contributed by atoms with van der Waals surface area (Å²) >= 11 is 0. The Labute approximate surface area is 701 Å². The van der Waals surface area contributed by atoms with Crippen molar-refractivity contribution < 1.29 is 114 Å². The molecule has 8 unspecified atom stereocenters. The molecule has 24 nitrogen and oxygen atoms in total. The monoisotopic (exact) mass is 1650 g/mol. The third-order valence-electron chi connectivity index (χ3n) is 26.9. The molecule has 8 saturated heterocycles. The minimum absolute atomic E-state index is 0.110. The standard InChI is InChI=1S/2C13H20O3.3C12H18O3.2C11H16O3.C10H14O3/c1-10(2)12(14)16-13(7-3-4-8-13)11-6-5-9-15-11;1-10(2)12(14)16-13(6-3-4-7-13)11-5-8-15-9-11;1-9(2)11(13)15-12(6-4-7-12)10-5-3-8-14-10;1-2-11(13)15-12(7-3-4-8-12)10-6-5-9-14-10;1-2-11(13)15-12(6-3-4-7-12)10-5-8-14-9-10;1-8(2)10(12)14-11(4-5-11)9-3-6-13-7-9;1-2-10(12)14-11(6-4-7-11)9-5-3-8-13-9;1-2-9(11)13-10(4-5-10)8-3-6-12-7-8/h2*11H,1,3-9H2,2H3;10H,1,3-8H2,2H3;2*2,10H,1,3-9H2;9H,1,3-7H2,2H3;2,9H,1,3-8H2;2,8H,1,3-7H2. The van der Waals surface area contributed by atoms with Crippen molar-refractivity contribution >= 4 is 47.8 Å². The van der Waals surface area contributed by atoms with Crippen LogP contribution >= 0.6 is 0 Å². The second kappa shape index (κ2) is 44.9. The van der Waals surface area contributed by atoms with Crippen LogP contribution in [-0.2, 0) is 114 Å². The fourth-order valence-corrected chi connectivity index (χ4v) is 19.3. The molecular weight excluding hydrogens is 1510 g/mol. The van der Waals surface area contributed by atoms with Crippen LogP contribution in [0.15, 0.2) is 99.2 Å². The Morgan fingerprint density at radius 3 is 0.610 bits per heavy atom. The molecular formula is C94H140O24. The van der Waals surface area contributed by atoms with Gasteiger partial charge in [0.2, 0.25) is 0 Å². The number of esters is 8. The van der Waals surface area contributed by atoms with Crippen molar-refractivity contribution in [3.63, 3.8) is 0 Å². The highest BCUT2D eigenvalue weighted by Crippen LogP contribution is 2.52. The Bertz CT molecular complexity index is 3270. The quantitative estimate of drug-likeness (QED) is 0.0493. The lowest BCUT2D eigenvalue weighted by Crippen LogP contribution is -2.51. The van der Waals surface area contributed by atoms with Crippen molar-refractivity contribution in [3.8, 4) is 0 Å². The number of carbonyl (C=O) groups excluding carboxylic acids is 8. The number of hydrogen-bond acceptors (Lipinski definition) is 24. The van der Waals surface area contributed by atoms with Gasteiger partial charge < -0.3 is 75.8 Å². The zero-order valence-corrected chi connectivity index (χ0v) is 71.7. The van der Waals surface area contributed by atoms with Gasteiger partial charge in [-0.2, -0.15) is 0 Å². The molecule has 660 valence electrons. The van der Waals surface area contributed by atoms with E-state index in [1.54, 1.807) is 27.7 Å². The Morgan fingerprint density at radius 2 is 0.432 bits per heavy atom. The van der Waals surface area contributed by atoms with Crippen molar-refractivity contribution in [2.24, 2.45) is 23.7 Å². The van der Waals surface area contributed by atoms with E-state index in [1.807, 2.05) is 0 Å². The summed E-state index contributed by atoms with van der Waals surface area (Å²) < 4.78 is 88.4. The largest absolute Gasteiger partial charge is 0.456 e. The molecule has 0 amide bonds. The lowest BCUT2D eigenvalue weighted by molar-refractivity contribution is -0.187. The molecule has 16 rings (SSSR count). The normalized spacial score (nSPS) is 28.6. The van der Waals surface area contributed by atoms with Crippen LogP contribution in [0, 0.1) is 23.7 Å². The van der Waals surface area contributed by atoms with Crippen molar-refractivity contribution in [3.05, 3.63) is 99.2 Å². The van der Waals surface area contributed by atoms with Crippen LogP contribution in [0.1, 0.15) is 272 Å². The average molecular weight is 1650 g/mol. The van der Waals surface area contributed by atoms with Gasteiger partial charge in [0.05, 0.1) is 50.8 Å². The molecule has 8 aliphatic carbocycles. The first-order valence-corrected chi connectivity index (χ1v) is 44.4. The second-order valence-corrected chi connectivity index (χ2v) is 35.5. The van der Waals surface area contributed by atoms with Crippen molar-refractivity contribution in [2.45, 2.75) is 341 Å². The van der Waals surface area contributed by atoms with E-state index in [-0.39, 0.29) is 117 Å². The lowest BCUT2D eigenvalue weighted by atomic mass is 9.75. The van der Waals surface area contributed by atoms with Gasteiger partial charge in [-0.25, -0.2) is 38.4 Å². The maximum Gasteiger partial charge on any atom is 0.333 e. The van der Waals surface area contributed by atoms with Gasteiger partial charge in [-0.15, -0.1) is 0 Å². The second-order valence-electron chi connectivity index (χ2n) is 35.5. The molecule has 8 heterocycles. The van der Waals surface area contributed by atoms with E-state index in [2.05, 4.69) is 52.6 Å². The molecule has 24 heteroatoms. The first kappa shape index (κ1) is 95.2. The van der Waals surface area contributed by atoms with Crippen LogP contribution in [0.4, 0.5) is 0 Å². The zero-order valence-electron chi connectivity index (χ0n) is 71.7. The van der Waals surface area contributed by atoms with E-state index in [1.165, 1.54) is 24.3 Å². The number of ether oxygens (including phenoxy) is 16. The third kappa shape index (κ3) is 25.7. The van der Waals surface area contributed by atoms with Crippen molar-refractivity contribution in [1.29, 1.82) is 0 Å². The smallest absolute Gasteiger partial charge is 0.333 e. The minimum atomic E-state index is -0.355. The molecule has 0 bridgehead atoms. The summed E-state index contributed by atoms with van der Waals surface area (Å²) in [6, 6.07) is 0. The van der Waals surface area contributed by atoms with Gasteiger partial charge in [0.1, 0.15) is 44.8 Å². The van der Waals surface area contributed by atoms with Crippen LogP contribution in [0.25, 0.3) is 0 Å². The van der Waals surface area contributed by atoms with E-state index in [4.69, 9.17) is 75.8 Å². The summed E-state index contributed by atoms with van der Waals surface area (Å²) in [5.41, 5.74) is -0.325. The van der Waals surface area contributed by atoms with Crippen LogP contribution in [0.5, 0.6) is 0 Å². The SMILES string of the molecule is C=C(C)C(=O)OC1(C2CCCO2)CCC1.C=C(C)C(=O)OC1(C2CCCO2)CCCC1.C=C(C)C(=O)OC1(C2CCOC2)CC1.C=C(C)C(=O)OC1(C2CCOC2)CCCC1.C=CC(=O)OC1(C2CCCO2)CCC1.C=CC(=O)OC1(C2CCCO2)CCCC1.C=CC(=O)OC1(C2CCOC2)CC1.C=CC(=O)OC1(C2CCOC2)CCCC1. The number of rotatable bonds is 24. The van der Waals surface area contributed by atoms with Gasteiger partial charge in [-0.1, -0.05) is 52.6 Å². The Balaban J connectivity index is 0.000000154. The van der Waals surface area contributed by atoms with Gasteiger partial charge >= 0.3 is 47.8 Å². The average Bonchev–Trinajstić information content (AvgIpc) is 1.47. The summed E-state index contributed by atoms with van der Waals surface area (Å²) in [5, 5.41) is 0. The maximum absolute atomic E-state index is 11.7. The van der Waals surface area contributed by atoms with Gasteiger partial charge in [0, 0.05) is 123 Å². The van der Waals surface area contributed by atoms with E-state index >= 15 is 0 Å². The zero-order chi connectivity index (χ0) is 85.0. The van der Waals surface area contributed by atoms with Crippen LogP contribution < -0.4 is 0 Å². The Morgan fingerprint density at radius 1 is 0.246 bits per heavy atom. The van der Waals surface area contributed by atoms with Gasteiger partial charge in [-0.3, -0.25) is 0 Å². The molecule has 0 aromatic carbocycles. The Kier molecular flexibility index (Phi) is 36.3. The fraction of sp³-hybridized carbons (Fsp3) is 0.745. The third-order valence-corrected chi connectivity index (χ3v) is 26.9. The van der Waals surface area contributed by atoms with Crippen LogP contribution in [-0.4, -0.2) is 196 Å². The lowest BCUT2D eigenvalue weighted by Gasteiger charge is -2.44. The minimum Gasteiger partial charge on any atom is -0.456 e. The summed E-state index contributed by atoms with van der Waals surface area (Å²) in [6.07, 6.45) is 44.7. The predicted molar refractivity (Wildman–Crippen MR) is 442 cm³/mol. The van der Waals surface area contributed by atoms with E-state index in [0.29, 0.717) is 46.0 Å². The molecule has 0 aromatic rings. The summed E-state index contributed by atoms with van der Waals surface area (Å²) in [5.74, 6) is -0.656. The highest BCUT2D eigenvalue weighted by atomic mass is 16.6. The van der Waals surface area contributed by atoms with Crippen molar-refractivity contribution in [2.75, 3.05) is 79.3 Å². The summed E-state index contributed by atoms with van der Waals surface area (Å²) in [4.78, 5) is 91.2. The molecule has 0 spiro atoms. The Hall–Kier alpha value is -6.64. The highest BCUT2D eigenvalue weighted by molar-refractivity contribution is 5.89. The molecule has 0 N–H and O–H groups in total. The predicted octanol–water partition coefficient (Wildman–Crippen LogP) is 16.3. The van der Waals surface area contributed by atoms with Gasteiger partial charge in [0.25, 0.3) is 0 Å². The van der Waals surface area contributed by atoms with E-state index in [0.717, 1.165) is 323 Å². The fourth-order valence-electron chi connectivity index (χ4n) is 19.3. The van der Waals surface area contributed by atoms with Gasteiger partial charge in [-0.05, 0) is 272 Å². The molecule has 8 aliphatic heterocycles. The van der Waals surface area contributed by atoms with Gasteiger partial charge in [0.15, 0.2) is 0 Å². The number of carbonyl (C=O) groups is 8. The summed E-state index contributed by atoms with van der Waals surface area (Å²) in [6.45, 7) is 44.3. The molecule has 118 heavy (non-hydrogen) atoms.